The Morgan fingerprint density at radius 2 is 1.89 bits per heavy atom. The molecule has 1 aromatic carbocycles. The van der Waals surface area contributed by atoms with Gasteiger partial charge in [0.25, 0.3) is 0 Å². The van der Waals surface area contributed by atoms with E-state index >= 15 is 0 Å². The Labute approximate surface area is 185 Å². The lowest BCUT2D eigenvalue weighted by Gasteiger charge is -2.30. The van der Waals surface area contributed by atoms with Crippen LogP contribution in [0.3, 0.4) is 0 Å². The molecule has 0 heterocycles. The molecule has 156 valence electrons. The van der Waals surface area contributed by atoms with Crippen molar-refractivity contribution in [1.82, 2.24) is 16.0 Å². The summed E-state index contributed by atoms with van der Waals surface area (Å²) in [6.45, 7) is 2.69. The number of halogens is 1. The minimum atomic E-state index is 0. The minimum absolute atomic E-state index is 0. The molecule has 1 aromatic rings. The van der Waals surface area contributed by atoms with Crippen LogP contribution in [0.25, 0.3) is 0 Å². The fourth-order valence-electron chi connectivity index (χ4n) is 3.51. The van der Waals surface area contributed by atoms with Crippen LogP contribution in [0.1, 0.15) is 45.4 Å². The summed E-state index contributed by atoms with van der Waals surface area (Å²) in [6.07, 6.45) is 6.31. The van der Waals surface area contributed by atoms with Gasteiger partial charge in [0.15, 0.2) is 5.96 Å². The molecule has 1 amide bonds. The number of aliphatic imine (C=N–C) groups is 1. The summed E-state index contributed by atoms with van der Waals surface area (Å²) in [7, 11) is 1.78. The molecule has 3 rings (SSSR count). The lowest BCUT2D eigenvalue weighted by Crippen LogP contribution is -2.48. The number of hydrogen-bond donors (Lipinski definition) is 3. The average molecular weight is 500 g/mol. The molecular weight excluding hydrogens is 467 g/mol. The molecule has 7 heteroatoms. The van der Waals surface area contributed by atoms with Gasteiger partial charge in [0.05, 0.1) is 6.54 Å². The zero-order valence-corrected chi connectivity index (χ0v) is 19.1. The summed E-state index contributed by atoms with van der Waals surface area (Å²) in [5.74, 6) is 1.99. The standard InChI is InChI=1S/C21H32N4O2.HI/c1-15(27-19-9-4-3-5-10-19)14-23-21(22-2)25-18-8-6-7-16(13-18)20(26)24-17-11-12-17;/h3-5,9-10,15-18H,6-8,11-14H2,1-2H3,(H,24,26)(H2,22,23,25);1H. The summed E-state index contributed by atoms with van der Waals surface area (Å²) < 4.78 is 5.89. The number of guanidine groups is 1. The van der Waals surface area contributed by atoms with E-state index in [1.54, 1.807) is 7.05 Å². The maximum absolute atomic E-state index is 12.3. The van der Waals surface area contributed by atoms with Crippen molar-refractivity contribution in [2.45, 2.75) is 63.6 Å². The zero-order valence-electron chi connectivity index (χ0n) is 16.8. The highest BCUT2D eigenvalue weighted by Crippen LogP contribution is 2.26. The van der Waals surface area contributed by atoms with E-state index in [1.807, 2.05) is 37.3 Å². The number of benzene rings is 1. The van der Waals surface area contributed by atoms with Crippen LogP contribution in [-0.4, -0.2) is 43.6 Å². The first-order chi connectivity index (χ1) is 13.1. The van der Waals surface area contributed by atoms with E-state index in [0.717, 1.165) is 50.2 Å². The van der Waals surface area contributed by atoms with Gasteiger partial charge in [-0.25, -0.2) is 0 Å². The molecule has 3 unspecified atom stereocenters. The molecule has 0 radical (unpaired) electrons. The van der Waals surface area contributed by atoms with Gasteiger partial charge >= 0.3 is 0 Å². The summed E-state index contributed by atoms with van der Waals surface area (Å²) in [6, 6.07) is 10.5. The van der Waals surface area contributed by atoms with Crippen molar-refractivity contribution in [2.75, 3.05) is 13.6 Å². The first-order valence-corrected chi connectivity index (χ1v) is 10.1. The van der Waals surface area contributed by atoms with E-state index < -0.39 is 0 Å². The average Bonchev–Trinajstić information content (AvgIpc) is 3.50. The highest BCUT2D eigenvalue weighted by Gasteiger charge is 2.31. The highest BCUT2D eigenvalue weighted by atomic mass is 127. The number of amides is 1. The van der Waals surface area contributed by atoms with E-state index in [0.29, 0.717) is 12.6 Å². The predicted octanol–water partition coefficient (Wildman–Crippen LogP) is 3.07. The van der Waals surface area contributed by atoms with Crippen LogP contribution in [-0.2, 0) is 4.79 Å². The molecule has 0 aliphatic heterocycles. The summed E-state index contributed by atoms with van der Waals surface area (Å²) in [5, 5.41) is 9.96. The minimum Gasteiger partial charge on any atom is -0.489 e. The molecule has 28 heavy (non-hydrogen) atoms. The normalized spacial score (nSPS) is 23.1. The van der Waals surface area contributed by atoms with E-state index in [1.165, 1.54) is 0 Å². The van der Waals surface area contributed by atoms with Gasteiger partial charge in [-0.2, -0.15) is 0 Å². The topological polar surface area (TPSA) is 74.8 Å². The van der Waals surface area contributed by atoms with Crippen molar-refractivity contribution in [3.8, 4) is 5.75 Å². The second-order valence-corrected chi connectivity index (χ2v) is 7.68. The molecule has 3 atom stereocenters. The monoisotopic (exact) mass is 500 g/mol. The molecule has 0 spiro atoms. The van der Waals surface area contributed by atoms with Gasteiger partial charge in [-0.1, -0.05) is 24.6 Å². The van der Waals surface area contributed by atoms with Gasteiger partial charge in [-0.3, -0.25) is 9.79 Å². The third-order valence-corrected chi connectivity index (χ3v) is 5.17. The summed E-state index contributed by atoms with van der Waals surface area (Å²) in [4.78, 5) is 16.7. The maximum atomic E-state index is 12.3. The molecule has 2 aliphatic rings. The lowest BCUT2D eigenvalue weighted by atomic mass is 9.85. The Morgan fingerprint density at radius 3 is 2.57 bits per heavy atom. The van der Waals surface area contributed by atoms with Gasteiger partial charge < -0.3 is 20.7 Å². The molecule has 0 aromatic heterocycles. The van der Waals surface area contributed by atoms with Crippen molar-refractivity contribution >= 4 is 35.8 Å². The van der Waals surface area contributed by atoms with Crippen LogP contribution in [0, 0.1) is 5.92 Å². The second-order valence-electron chi connectivity index (χ2n) is 7.68. The fourth-order valence-corrected chi connectivity index (χ4v) is 3.51. The van der Waals surface area contributed by atoms with E-state index in [2.05, 4.69) is 20.9 Å². The smallest absolute Gasteiger partial charge is 0.223 e. The van der Waals surface area contributed by atoms with E-state index in [4.69, 9.17) is 4.74 Å². The molecule has 3 N–H and O–H groups in total. The van der Waals surface area contributed by atoms with Gasteiger partial charge in [-0.15, -0.1) is 24.0 Å². The van der Waals surface area contributed by atoms with Crippen LogP contribution in [0.15, 0.2) is 35.3 Å². The third-order valence-electron chi connectivity index (χ3n) is 5.17. The Bertz CT molecular complexity index is 637. The summed E-state index contributed by atoms with van der Waals surface area (Å²) >= 11 is 0. The van der Waals surface area contributed by atoms with Crippen LogP contribution in [0.5, 0.6) is 5.75 Å². The summed E-state index contributed by atoms with van der Waals surface area (Å²) in [5.41, 5.74) is 0. The van der Waals surface area contributed by atoms with Crippen LogP contribution in [0.4, 0.5) is 0 Å². The number of carbonyl (C=O) groups is 1. The number of nitrogens with zero attached hydrogens (tertiary/aromatic N) is 1. The molecule has 2 aliphatic carbocycles. The Balaban J connectivity index is 0.00000280. The van der Waals surface area contributed by atoms with Gasteiger partial charge in [0.2, 0.25) is 5.91 Å². The van der Waals surface area contributed by atoms with E-state index in [9.17, 15) is 4.79 Å². The van der Waals surface area contributed by atoms with Gasteiger partial charge in [0.1, 0.15) is 11.9 Å². The fraction of sp³-hybridized carbons (Fsp3) is 0.619. The van der Waals surface area contributed by atoms with Gasteiger partial charge in [-0.05, 0) is 51.2 Å². The SMILES string of the molecule is CN=C(NCC(C)Oc1ccccc1)NC1CCCC(C(=O)NC2CC2)C1.I. The molecule has 2 saturated carbocycles. The van der Waals surface area contributed by atoms with E-state index in [-0.39, 0.29) is 47.9 Å². The van der Waals surface area contributed by atoms with Crippen LogP contribution >= 0.6 is 24.0 Å². The van der Waals surface area contributed by atoms with Crippen molar-refractivity contribution < 1.29 is 9.53 Å². The molecule has 2 fully saturated rings. The van der Waals surface area contributed by atoms with Crippen molar-refractivity contribution in [3.05, 3.63) is 30.3 Å². The quantitative estimate of drug-likeness (QED) is 0.306. The number of ether oxygens (including phenoxy) is 1. The number of nitrogens with one attached hydrogen (secondary N) is 3. The molecule has 0 saturated heterocycles. The number of hydrogen-bond acceptors (Lipinski definition) is 3. The first kappa shape index (κ1) is 22.8. The lowest BCUT2D eigenvalue weighted by molar-refractivity contribution is -0.126. The van der Waals surface area contributed by atoms with Crippen molar-refractivity contribution in [2.24, 2.45) is 10.9 Å². The molecule has 6 nitrogen and oxygen atoms in total. The Morgan fingerprint density at radius 1 is 1.14 bits per heavy atom. The second kappa shape index (κ2) is 11.5. The predicted molar refractivity (Wildman–Crippen MR) is 123 cm³/mol. The Hall–Kier alpha value is -1.51. The first-order valence-electron chi connectivity index (χ1n) is 10.1. The van der Waals surface area contributed by atoms with Crippen molar-refractivity contribution in [1.29, 1.82) is 0 Å². The van der Waals surface area contributed by atoms with Gasteiger partial charge in [0, 0.05) is 25.0 Å². The van der Waals surface area contributed by atoms with Crippen LogP contribution < -0.4 is 20.7 Å². The number of rotatable bonds is 7. The molecule has 0 bridgehead atoms. The Kier molecular flexibility index (Phi) is 9.34. The zero-order chi connectivity index (χ0) is 19.1. The molecular formula is C21H33IN4O2. The number of para-hydroxylation sites is 1. The highest BCUT2D eigenvalue weighted by molar-refractivity contribution is 14.0. The largest absolute Gasteiger partial charge is 0.489 e. The van der Waals surface area contributed by atoms with Crippen LogP contribution in [0.2, 0.25) is 0 Å². The van der Waals surface area contributed by atoms with Crippen molar-refractivity contribution in [3.63, 3.8) is 0 Å². The number of carbonyl (C=O) groups excluding carboxylic acids is 1. The maximum Gasteiger partial charge on any atom is 0.223 e. The third kappa shape index (κ3) is 7.48.